The van der Waals surface area contributed by atoms with E-state index in [1.54, 1.807) is 36.4 Å². The molecule has 0 aliphatic carbocycles. The molecule has 1 N–H and O–H groups in total. The number of benzene rings is 3. The zero-order valence-electron chi connectivity index (χ0n) is 13.3. The number of ether oxygens (including phenoxy) is 1. The zero-order valence-corrected chi connectivity index (χ0v) is 13.3. The van der Waals surface area contributed by atoms with Crippen LogP contribution in [0, 0.1) is 0 Å². The van der Waals surface area contributed by atoms with E-state index in [2.05, 4.69) is 12.1 Å². The number of carbonyl (C=O) groups excluding carboxylic acids is 1. The lowest BCUT2D eigenvalue weighted by molar-refractivity contribution is 0.112. The van der Waals surface area contributed by atoms with Crippen LogP contribution in [0.15, 0.2) is 84.9 Å². The van der Waals surface area contributed by atoms with E-state index in [9.17, 15) is 4.79 Å². The van der Waals surface area contributed by atoms with Crippen molar-refractivity contribution in [3.63, 3.8) is 0 Å². The molecule has 24 heavy (non-hydrogen) atoms. The highest BCUT2D eigenvalue weighted by Gasteiger charge is 2.07. The van der Waals surface area contributed by atoms with Gasteiger partial charge in [-0.3, -0.25) is 4.79 Å². The number of hydrogen-bond donors (Lipinski definition) is 1. The first-order valence-electron chi connectivity index (χ1n) is 7.68. The predicted octanol–water partition coefficient (Wildman–Crippen LogP) is 4.61. The van der Waals surface area contributed by atoms with Gasteiger partial charge in [-0.2, -0.15) is 0 Å². The van der Waals surface area contributed by atoms with Crippen molar-refractivity contribution in [2.24, 2.45) is 0 Å². The Balaban J connectivity index is 0.000000132. The molecule has 122 valence electrons. The van der Waals surface area contributed by atoms with Crippen LogP contribution < -0.4 is 0 Å². The fraction of sp³-hybridized carbons (Fsp3) is 0.0952. The molecule has 3 aromatic rings. The zero-order chi connectivity index (χ0) is 17.0. The summed E-state index contributed by atoms with van der Waals surface area (Å²) in [5.74, 6) is 0.322. The summed E-state index contributed by atoms with van der Waals surface area (Å²) in [7, 11) is 0. The molecule has 0 spiro atoms. The molecule has 0 aromatic heterocycles. The van der Waals surface area contributed by atoms with Gasteiger partial charge in [0.1, 0.15) is 12.0 Å². The Kier molecular flexibility index (Phi) is 7.25. The van der Waals surface area contributed by atoms with E-state index >= 15 is 0 Å². The molecule has 0 amide bonds. The molecule has 0 saturated carbocycles. The minimum atomic E-state index is 0.322. The van der Waals surface area contributed by atoms with E-state index in [0.717, 1.165) is 25.1 Å². The smallest absolute Gasteiger partial charge is 0.150 e. The minimum absolute atomic E-state index is 0.322. The maximum Gasteiger partial charge on any atom is 0.150 e. The molecular weight excluding hydrogens is 300 g/mol. The standard InChI is InChI=1S/C8H8O.C7H6O.C6H6O/c1-2-4-8-6-9-5-7(8)3-1;8-6-7-4-2-1-3-5-7;7-6-4-2-1-3-5-6/h1-4H,5-6H2;1-6H;1-5,7H. The van der Waals surface area contributed by atoms with Crippen LogP contribution in [0.5, 0.6) is 5.75 Å². The Labute approximate surface area is 142 Å². The van der Waals surface area contributed by atoms with Gasteiger partial charge in [0, 0.05) is 5.56 Å². The SMILES string of the molecule is O=Cc1ccccc1.Oc1ccccc1.c1ccc2c(c1)COC2. The largest absolute Gasteiger partial charge is 0.508 e. The van der Waals surface area contributed by atoms with Crippen molar-refractivity contribution < 1.29 is 14.6 Å². The van der Waals surface area contributed by atoms with Crippen molar-refractivity contribution in [2.75, 3.05) is 0 Å². The van der Waals surface area contributed by atoms with Gasteiger partial charge in [0.2, 0.25) is 0 Å². The van der Waals surface area contributed by atoms with Gasteiger partial charge in [-0.1, -0.05) is 72.8 Å². The Morgan fingerprint density at radius 3 is 1.54 bits per heavy atom. The van der Waals surface area contributed by atoms with Gasteiger partial charge in [0.05, 0.1) is 13.2 Å². The molecule has 3 nitrogen and oxygen atoms in total. The molecule has 3 heteroatoms. The molecule has 3 aromatic carbocycles. The maximum atomic E-state index is 10.0. The minimum Gasteiger partial charge on any atom is -0.508 e. The van der Waals surface area contributed by atoms with E-state index < -0.39 is 0 Å². The molecule has 0 fully saturated rings. The third-order valence-electron chi connectivity index (χ3n) is 3.33. The first-order valence-corrected chi connectivity index (χ1v) is 7.68. The van der Waals surface area contributed by atoms with Gasteiger partial charge in [0.25, 0.3) is 0 Å². The second-order valence-electron chi connectivity index (χ2n) is 5.13. The van der Waals surface area contributed by atoms with E-state index in [1.165, 1.54) is 11.1 Å². The first-order chi connectivity index (χ1) is 11.8. The van der Waals surface area contributed by atoms with Crippen LogP contribution in [0.3, 0.4) is 0 Å². The van der Waals surface area contributed by atoms with Crippen LogP contribution in [0.2, 0.25) is 0 Å². The average Bonchev–Trinajstić information content (AvgIpc) is 3.13. The molecule has 0 radical (unpaired) electrons. The summed E-state index contributed by atoms with van der Waals surface area (Å²) in [6, 6.07) is 26.1. The summed E-state index contributed by atoms with van der Waals surface area (Å²) in [4.78, 5) is 10.0. The molecular formula is C21H20O3. The number of para-hydroxylation sites is 1. The van der Waals surface area contributed by atoms with Crippen molar-refractivity contribution in [2.45, 2.75) is 13.2 Å². The molecule has 1 aliphatic heterocycles. The van der Waals surface area contributed by atoms with E-state index in [0.29, 0.717) is 5.75 Å². The Hall–Kier alpha value is -2.91. The van der Waals surface area contributed by atoms with Crippen molar-refractivity contribution >= 4 is 6.29 Å². The van der Waals surface area contributed by atoms with Crippen molar-refractivity contribution in [3.05, 3.63) is 102 Å². The molecule has 1 heterocycles. The highest BCUT2D eigenvalue weighted by Crippen LogP contribution is 2.17. The lowest BCUT2D eigenvalue weighted by atomic mass is 10.1. The van der Waals surface area contributed by atoms with E-state index in [1.807, 2.05) is 36.4 Å². The third-order valence-corrected chi connectivity index (χ3v) is 3.33. The molecule has 0 bridgehead atoms. The monoisotopic (exact) mass is 320 g/mol. The number of phenols is 1. The number of aldehydes is 1. The van der Waals surface area contributed by atoms with Crippen LogP contribution >= 0.6 is 0 Å². The summed E-state index contributed by atoms with van der Waals surface area (Å²) >= 11 is 0. The van der Waals surface area contributed by atoms with Crippen molar-refractivity contribution in [1.82, 2.24) is 0 Å². The Morgan fingerprint density at radius 2 is 1.17 bits per heavy atom. The topological polar surface area (TPSA) is 46.5 Å². The van der Waals surface area contributed by atoms with Gasteiger partial charge in [0.15, 0.2) is 0 Å². The summed E-state index contributed by atoms with van der Waals surface area (Å²) in [5.41, 5.74) is 3.42. The van der Waals surface area contributed by atoms with Crippen LogP contribution in [0.4, 0.5) is 0 Å². The quantitative estimate of drug-likeness (QED) is 0.666. The number of carbonyl (C=O) groups is 1. The van der Waals surface area contributed by atoms with Gasteiger partial charge in [-0.25, -0.2) is 0 Å². The predicted molar refractivity (Wildman–Crippen MR) is 94.9 cm³/mol. The van der Waals surface area contributed by atoms with E-state index in [4.69, 9.17) is 9.84 Å². The van der Waals surface area contributed by atoms with Crippen LogP contribution in [0.1, 0.15) is 21.5 Å². The summed E-state index contributed by atoms with van der Waals surface area (Å²) in [6.07, 6.45) is 0.833. The third kappa shape index (κ3) is 6.07. The maximum absolute atomic E-state index is 10.0. The summed E-state index contributed by atoms with van der Waals surface area (Å²) < 4.78 is 5.21. The molecule has 0 saturated heterocycles. The Bertz CT molecular complexity index is 701. The molecule has 0 unspecified atom stereocenters. The highest BCUT2D eigenvalue weighted by molar-refractivity contribution is 5.74. The number of hydrogen-bond acceptors (Lipinski definition) is 3. The number of phenolic OH excluding ortho intramolecular Hbond substituents is 1. The van der Waals surface area contributed by atoms with Crippen LogP contribution in [-0.2, 0) is 18.0 Å². The fourth-order valence-electron chi connectivity index (χ4n) is 2.07. The van der Waals surface area contributed by atoms with Gasteiger partial charge in [-0.05, 0) is 23.3 Å². The second kappa shape index (κ2) is 9.98. The lowest BCUT2D eigenvalue weighted by Crippen LogP contribution is -1.77. The molecule has 1 aliphatic rings. The second-order valence-corrected chi connectivity index (χ2v) is 5.13. The van der Waals surface area contributed by atoms with Gasteiger partial charge in [-0.15, -0.1) is 0 Å². The highest BCUT2D eigenvalue weighted by atomic mass is 16.5. The Morgan fingerprint density at radius 1 is 0.708 bits per heavy atom. The van der Waals surface area contributed by atoms with Crippen molar-refractivity contribution in [1.29, 1.82) is 0 Å². The summed E-state index contributed by atoms with van der Waals surface area (Å²) in [6.45, 7) is 1.60. The van der Waals surface area contributed by atoms with Gasteiger partial charge < -0.3 is 9.84 Å². The van der Waals surface area contributed by atoms with Crippen LogP contribution in [0.25, 0.3) is 0 Å². The average molecular weight is 320 g/mol. The van der Waals surface area contributed by atoms with Crippen molar-refractivity contribution in [3.8, 4) is 5.75 Å². The number of fused-ring (bicyclic) bond motifs is 1. The van der Waals surface area contributed by atoms with Crippen LogP contribution in [-0.4, -0.2) is 11.4 Å². The summed E-state index contributed by atoms with van der Waals surface area (Å²) in [5, 5.41) is 8.63. The molecule has 4 rings (SSSR count). The van der Waals surface area contributed by atoms with Gasteiger partial charge >= 0.3 is 0 Å². The lowest BCUT2D eigenvalue weighted by Gasteiger charge is -1.90. The fourth-order valence-corrected chi connectivity index (χ4v) is 2.07. The first kappa shape index (κ1) is 17.4. The number of rotatable bonds is 1. The normalized spacial score (nSPS) is 11.2. The van der Waals surface area contributed by atoms with E-state index in [-0.39, 0.29) is 0 Å². The molecule has 0 atom stereocenters. The number of aromatic hydroxyl groups is 1.